The zero-order valence-electron chi connectivity index (χ0n) is 13.2. The number of ether oxygens (including phenoxy) is 3. The molecule has 2 aromatic carbocycles. The minimum Gasteiger partial charge on any atom is -0.489 e. The summed E-state index contributed by atoms with van der Waals surface area (Å²) in [7, 11) is 0. The fraction of sp³-hybridized carbons (Fsp3) is 0.316. The normalized spacial score (nSPS) is 16.1. The number of carbonyl (C=O) groups excluding carboxylic acids is 1. The van der Waals surface area contributed by atoms with Crippen molar-refractivity contribution >= 4 is 5.97 Å². The van der Waals surface area contributed by atoms with Crippen molar-refractivity contribution in [2.75, 3.05) is 6.61 Å². The highest BCUT2D eigenvalue weighted by atomic mass is 16.6. The lowest BCUT2D eigenvalue weighted by Gasteiger charge is -2.25. The molecule has 0 spiro atoms. The van der Waals surface area contributed by atoms with Crippen LogP contribution >= 0.6 is 0 Å². The zero-order chi connectivity index (χ0) is 16.1. The summed E-state index contributed by atoms with van der Waals surface area (Å²) in [6, 6.07) is 15.8. The summed E-state index contributed by atoms with van der Waals surface area (Å²) in [6.45, 7) is 2.66. The molecular formula is C19H20O4. The van der Waals surface area contributed by atoms with Crippen LogP contribution in [0.25, 0.3) is 0 Å². The van der Waals surface area contributed by atoms with Crippen LogP contribution in [0.2, 0.25) is 0 Å². The summed E-state index contributed by atoms with van der Waals surface area (Å²) in [6.07, 6.45) is 0.931. The molecule has 1 heterocycles. The minimum absolute atomic E-state index is 0.297. The van der Waals surface area contributed by atoms with E-state index < -0.39 is 6.10 Å². The average Bonchev–Trinajstić information content (AvgIpc) is 2.60. The van der Waals surface area contributed by atoms with Crippen LogP contribution in [0.1, 0.15) is 24.5 Å². The van der Waals surface area contributed by atoms with Gasteiger partial charge in [0.1, 0.15) is 18.1 Å². The second-order valence-electron chi connectivity index (χ2n) is 5.44. The smallest absolute Gasteiger partial charge is 0.347 e. The molecule has 1 aliphatic heterocycles. The first-order chi connectivity index (χ1) is 11.3. The fourth-order valence-electron chi connectivity index (χ4n) is 2.58. The van der Waals surface area contributed by atoms with Gasteiger partial charge in [-0.25, -0.2) is 4.79 Å². The first-order valence-electron chi connectivity index (χ1n) is 7.89. The van der Waals surface area contributed by atoms with Gasteiger partial charge in [0.05, 0.1) is 6.61 Å². The molecule has 0 bridgehead atoms. The third kappa shape index (κ3) is 3.83. The van der Waals surface area contributed by atoms with Crippen molar-refractivity contribution < 1.29 is 19.0 Å². The van der Waals surface area contributed by atoms with Gasteiger partial charge in [0, 0.05) is 6.07 Å². The molecule has 23 heavy (non-hydrogen) atoms. The maximum atomic E-state index is 11.8. The van der Waals surface area contributed by atoms with Crippen molar-refractivity contribution in [1.82, 2.24) is 0 Å². The summed E-state index contributed by atoms with van der Waals surface area (Å²) >= 11 is 0. The van der Waals surface area contributed by atoms with E-state index in [0.717, 1.165) is 23.3 Å². The van der Waals surface area contributed by atoms with Gasteiger partial charge in [0.25, 0.3) is 0 Å². The van der Waals surface area contributed by atoms with Crippen LogP contribution in [0.15, 0.2) is 48.5 Å². The Morgan fingerprint density at radius 1 is 1.22 bits per heavy atom. The molecule has 4 nitrogen and oxygen atoms in total. The highest BCUT2D eigenvalue weighted by molar-refractivity contribution is 5.75. The van der Waals surface area contributed by atoms with Crippen LogP contribution in [0.3, 0.4) is 0 Å². The van der Waals surface area contributed by atoms with Gasteiger partial charge < -0.3 is 14.2 Å². The summed E-state index contributed by atoms with van der Waals surface area (Å²) < 4.78 is 16.6. The van der Waals surface area contributed by atoms with Crippen LogP contribution in [-0.4, -0.2) is 18.7 Å². The number of hydrogen-bond donors (Lipinski definition) is 0. The molecule has 0 amide bonds. The van der Waals surface area contributed by atoms with E-state index in [2.05, 4.69) is 0 Å². The second-order valence-corrected chi connectivity index (χ2v) is 5.44. The van der Waals surface area contributed by atoms with E-state index in [4.69, 9.17) is 14.2 Å². The number of aryl methyl sites for hydroxylation is 1. The molecule has 1 atom stereocenters. The van der Waals surface area contributed by atoms with E-state index in [1.54, 1.807) is 6.92 Å². The molecule has 0 radical (unpaired) electrons. The second kappa shape index (κ2) is 7.18. The number of benzene rings is 2. The van der Waals surface area contributed by atoms with E-state index in [1.807, 2.05) is 48.5 Å². The topological polar surface area (TPSA) is 44.8 Å². The predicted octanol–water partition coefficient (Wildman–Crippen LogP) is 3.52. The van der Waals surface area contributed by atoms with Crippen molar-refractivity contribution in [3.8, 4) is 11.5 Å². The molecule has 3 rings (SSSR count). The molecular weight excluding hydrogens is 292 g/mol. The van der Waals surface area contributed by atoms with Gasteiger partial charge in [-0.05, 0) is 37.0 Å². The molecule has 0 unspecified atom stereocenters. The van der Waals surface area contributed by atoms with Crippen molar-refractivity contribution in [2.24, 2.45) is 0 Å². The van der Waals surface area contributed by atoms with Crippen molar-refractivity contribution in [2.45, 2.75) is 32.5 Å². The van der Waals surface area contributed by atoms with Crippen molar-refractivity contribution in [3.05, 3.63) is 59.7 Å². The maximum Gasteiger partial charge on any atom is 0.347 e. The first-order valence-corrected chi connectivity index (χ1v) is 7.89. The third-order valence-corrected chi connectivity index (χ3v) is 3.78. The van der Waals surface area contributed by atoms with Gasteiger partial charge >= 0.3 is 5.97 Å². The lowest BCUT2D eigenvalue weighted by Crippen LogP contribution is -2.32. The molecule has 120 valence electrons. The Morgan fingerprint density at radius 2 is 2.04 bits per heavy atom. The Bertz CT molecular complexity index is 666. The van der Waals surface area contributed by atoms with Crippen molar-refractivity contribution in [3.63, 3.8) is 0 Å². The molecule has 0 saturated carbocycles. The molecule has 0 fully saturated rings. The molecule has 0 saturated heterocycles. The van der Waals surface area contributed by atoms with Gasteiger partial charge in [-0.3, -0.25) is 0 Å². The Balaban J connectivity index is 1.67. The molecule has 2 aromatic rings. The van der Waals surface area contributed by atoms with E-state index in [9.17, 15) is 4.79 Å². The van der Waals surface area contributed by atoms with Gasteiger partial charge in [0.2, 0.25) is 0 Å². The highest BCUT2D eigenvalue weighted by Gasteiger charge is 2.27. The lowest BCUT2D eigenvalue weighted by atomic mass is 10.0. The Hall–Kier alpha value is -2.49. The van der Waals surface area contributed by atoms with Crippen LogP contribution in [0, 0.1) is 0 Å². The Kier molecular flexibility index (Phi) is 4.81. The van der Waals surface area contributed by atoms with Crippen LogP contribution in [0.4, 0.5) is 0 Å². The zero-order valence-corrected chi connectivity index (χ0v) is 13.2. The third-order valence-electron chi connectivity index (χ3n) is 3.78. The van der Waals surface area contributed by atoms with E-state index in [1.165, 1.54) is 0 Å². The summed E-state index contributed by atoms with van der Waals surface area (Å²) in [5.41, 5.74) is 2.20. The first kappa shape index (κ1) is 15.4. The molecule has 0 aromatic heterocycles. The van der Waals surface area contributed by atoms with E-state index >= 15 is 0 Å². The van der Waals surface area contributed by atoms with Gasteiger partial charge in [0.15, 0.2) is 6.10 Å². The average molecular weight is 312 g/mol. The highest BCUT2D eigenvalue weighted by Crippen LogP contribution is 2.32. The minimum atomic E-state index is -0.521. The standard InChI is InChI=1S/C19H20O4/c1-2-21-19(20)17-11-9-15-8-10-16(12-18(15)23-17)22-13-14-6-4-3-5-7-14/h3-8,10,12,17H,2,9,11,13H2,1H3/t17-/m1/s1. The molecule has 0 aliphatic carbocycles. The number of fused-ring (bicyclic) bond motifs is 1. The van der Waals surface area contributed by atoms with Crippen LogP contribution in [0.5, 0.6) is 11.5 Å². The van der Waals surface area contributed by atoms with Gasteiger partial charge in [-0.2, -0.15) is 0 Å². The number of carbonyl (C=O) groups is 1. The van der Waals surface area contributed by atoms with Gasteiger partial charge in [-0.15, -0.1) is 0 Å². The fourth-order valence-corrected chi connectivity index (χ4v) is 2.58. The monoisotopic (exact) mass is 312 g/mol. The Morgan fingerprint density at radius 3 is 2.83 bits per heavy atom. The predicted molar refractivity (Wildman–Crippen MR) is 86.6 cm³/mol. The molecule has 1 aliphatic rings. The summed E-state index contributed by atoms with van der Waals surface area (Å²) in [5.74, 6) is 1.14. The van der Waals surface area contributed by atoms with E-state index in [0.29, 0.717) is 25.4 Å². The molecule has 0 N–H and O–H groups in total. The quantitative estimate of drug-likeness (QED) is 0.792. The Labute approximate surface area is 136 Å². The van der Waals surface area contributed by atoms with Gasteiger partial charge in [-0.1, -0.05) is 36.4 Å². The number of esters is 1. The SMILES string of the molecule is CCOC(=O)[C@H]1CCc2ccc(OCc3ccccc3)cc2O1. The van der Waals surface area contributed by atoms with Crippen LogP contribution < -0.4 is 9.47 Å². The molecule has 4 heteroatoms. The van der Waals surface area contributed by atoms with Crippen molar-refractivity contribution in [1.29, 1.82) is 0 Å². The lowest BCUT2D eigenvalue weighted by molar-refractivity contribution is -0.152. The summed E-state index contributed by atoms with van der Waals surface area (Å²) in [5, 5.41) is 0. The maximum absolute atomic E-state index is 11.8. The number of hydrogen-bond acceptors (Lipinski definition) is 4. The largest absolute Gasteiger partial charge is 0.489 e. The van der Waals surface area contributed by atoms with E-state index in [-0.39, 0.29) is 5.97 Å². The number of rotatable bonds is 5. The van der Waals surface area contributed by atoms with Crippen LogP contribution in [-0.2, 0) is 22.6 Å². The summed E-state index contributed by atoms with van der Waals surface area (Å²) in [4.78, 5) is 11.8.